The van der Waals surface area contributed by atoms with Crippen molar-refractivity contribution in [2.45, 2.75) is 23.7 Å². The van der Waals surface area contributed by atoms with E-state index in [0.717, 1.165) is 5.03 Å². The standard InChI is InChI=1S/C19H16FN5S/c1-13(14-7-3-2-4-8-14)26-19-17-18(21-12-22-19)25(24-23-17)11-15-9-5-6-10-16(15)20/h2-10,12-13H,11H2,1H3/t13-/m0/s1. The molecule has 0 N–H and O–H groups in total. The molecule has 4 rings (SSSR count). The fourth-order valence-electron chi connectivity index (χ4n) is 2.71. The summed E-state index contributed by atoms with van der Waals surface area (Å²) in [5.74, 6) is -0.266. The Bertz CT molecular complexity index is 1030. The molecule has 5 nitrogen and oxygen atoms in total. The highest BCUT2D eigenvalue weighted by atomic mass is 32.2. The van der Waals surface area contributed by atoms with Crippen molar-refractivity contribution in [1.29, 1.82) is 0 Å². The first kappa shape index (κ1) is 16.7. The first-order valence-corrected chi connectivity index (χ1v) is 9.09. The molecule has 0 amide bonds. The van der Waals surface area contributed by atoms with Crippen LogP contribution < -0.4 is 0 Å². The van der Waals surface area contributed by atoms with Crippen molar-refractivity contribution in [2.75, 3.05) is 0 Å². The van der Waals surface area contributed by atoms with Crippen LogP contribution in [0.2, 0.25) is 0 Å². The summed E-state index contributed by atoms with van der Waals surface area (Å²) in [7, 11) is 0. The average Bonchev–Trinajstić information content (AvgIpc) is 3.08. The topological polar surface area (TPSA) is 56.5 Å². The Kier molecular flexibility index (Phi) is 4.62. The normalized spacial score (nSPS) is 12.4. The fraction of sp³-hybridized carbons (Fsp3) is 0.158. The Hall–Kier alpha value is -2.80. The zero-order chi connectivity index (χ0) is 17.9. The number of aromatic nitrogens is 5. The second-order valence-electron chi connectivity index (χ2n) is 5.86. The van der Waals surface area contributed by atoms with Gasteiger partial charge in [-0.05, 0) is 18.6 Å². The molecule has 0 bridgehead atoms. The van der Waals surface area contributed by atoms with Crippen molar-refractivity contribution in [3.05, 3.63) is 77.9 Å². The zero-order valence-corrected chi connectivity index (χ0v) is 14.9. The van der Waals surface area contributed by atoms with Crippen LogP contribution in [0.15, 0.2) is 66.0 Å². The Morgan fingerprint density at radius 2 is 1.81 bits per heavy atom. The van der Waals surface area contributed by atoms with Crippen molar-refractivity contribution >= 4 is 22.9 Å². The number of halogens is 1. The number of benzene rings is 2. The molecule has 2 heterocycles. The average molecular weight is 365 g/mol. The minimum absolute atomic E-state index is 0.214. The largest absolute Gasteiger partial charge is 0.227 e. The van der Waals surface area contributed by atoms with Crippen LogP contribution in [-0.2, 0) is 6.54 Å². The third-order valence-electron chi connectivity index (χ3n) is 4.10. The van der Waals surface area contributed by atoms with Crippen LogP contribution in [0.5, 0.6) is 0 Å². The van der Waals surface area contributed by atoms with Crippen molar-refractivity contribution in [2.24, 2.45) is 0 Å². The van der Waals surface area contributed by atoms with Gasteiger partial charge in [-0.15, -0.1) is 5.10 Å². The lowest BCUT2D eigenvalue weighted by Crippen LogP contribution is -2.04. The Labute approximate surface area is 154 Å². The molecule has 2 aromatic carbocycles. The predicted octanol–water partition coefficient (Wildman–Crippen LogP) is 4.26. The lowest BCUT2D eigenvalue weighted by molar-refractivity contribution is 0.582. The van der Waals surface area contributed by atoms with E-state index in [4.69, 9.17) is 0 Å². The monoisotopic (exact) mass is 365 g/mol. The summed E-state index contributed by atoms with van der Waals surface area (Å²) in [5.41, 5.74) is 3.00. The lowest BCUT2D eigenvalue weighted by Gasteiger charge is -2.10. The molecule has 0 aliphatic carbocycles. The Morgan fingerprint density at radius 1 is 1.04 bits per heavy atom. The fourth-order valence-corrected chi connectivity index (χ4v) is 3.69. The van der Waals surface area contributed by atoms with Crippen LogP contribution in [0.4, 0.5) is 4.39 Å². The molecule has 0 saturated carbocycles. The first-order chi connectivity index (χ1) is 12.7. The highest BCUT2D eigenvalue weighted by Gasteiger charge is 2.16. The summed E-state index contributed by atoms with van der Waals surface area (Å²) < 4.78 is 15.5. The van der Waals surface area contributed by atoms with E-state index in [1.165, 1.54) is 18.0 Å². The predicted molar refractivity (Wildman–Crippen MR) is 99.3 cm³/mol. The Morgan fingerprint density at radius 3 is 2.62 bits per heavy atom. The van der Waals surface area contributed by atoms with E-state index in [2.05, 4.69) is 39.3 Å². The van der Waals surface area contributed by atoms with Gasteiger partial charge < -0.3 is 0 Å². The van der Waals surface area contributed by atoms with Gasteiger partial charge in [-0.2, -0.15) is 0 Å². The van der Waals surface area contributed by atoms with Crippen LogP contribution in [0, 0.1) is 5.82 Å². The minimum atomic E-state index is -0.266. The molecule has 0 fully saturated rings. The van der Waals surface area contributed by atoms with Crippen LogP contribution in [-0.4, -0.2) is 25.0 Å². The molecular formula is C19H16FN5S. The molecule has 1 atom stereocenters. The summed E-state index contributed by atoms with van der Waals surface area (Å²) in [4.78, 5) is 8.67. The van der Waals surface area contributed by atoms with Crippen molar-refractivity contribution in [3.8, 4) is 0 Å². The molecule has 130 valence electrons. The maximum Gasteiger partial charge on any atom is 0.183 e. The SMILES string of the molecule is C[C@H](Sc1ncnc2c1nnn2Cc1ccccc1F)c1ccccc1. The molecule has 0 saturated heterocycles. The molecule has 4 aromatic rings. The smallest absolute Gasteiger partial charge is 0.183 e. The number of hydrogen-bond acceptors (Lipinski definition) is 5. The van der Waals surface area contributed by atoms with Gasteiger partial charge >= 0.3 is 0 Å². The molecule has 0 aliphatic rings. The molecular weight excluding hydrogens is 349 g/mol. The van der Waals surface area contributed by atoms with E-state index in [9.17, 15) is 4.39 Å². The van der Waals surface area contributed by atoms with Gasteiger partial charge in [-0.3, -0.25) is 0 Å². The van der Waals surface area contributed by atoms with Gasteiger partial charge in [0.2, 0.25) is 0 Å². The number of fused-ring (bicyclic) bond motifs is 1. The maximum absolute atomic E-state index is 13.9. The van der Waals surface area contributed by atoms with E-state index in [1.54, 1.807) is 34.6 Å². The van der Waals surface area contributed by atoms with E-state index < -0.39 is 0 Å². The van der Waals surface area contributed by atoms with Gasteiger partial charge in [0.1, 0.15) is 17.2 Å². The second-order valence-corrected chi connectivity index (χ2v) is 7.19. The number of hydrogen-bond donors (Lipinski definition) is 0. The van der Waals surface area contributed by atoms with Crippen molar-refractivity contribution < 1.29 is 4.39 Å². The maximum atomic E-state index is 13.9. The van der Waals surface area contributed by atoms with E-state index in [-0.39, 0.29) is 17.6 Å². The zero-order valence-electron chi connectivity index (χ0n) is 14.1. The van der Waals surface area contributed by atoms with Crippen LogP contribution in [0.25, 0.3) is 11.2 Å². The molecule has 7 heteroatoms. The summed E-state index contributed by atoms with van der Waals surface area (Å²) in [5, 5.41) is 9.38. The van der Waals surface area contributed by atoms with Gasteiger partial charge in [0.25, 0.3) is 0 Å². The summed E-state index contributed by atoms with van der Waals surface area (Å²) in [6.45, 7) is 2.40. The molecule has 2 aromatic heterocycles. The Balaban J connectivity index is 1.64. The third kappa shape index (κ3) is 3.30. The third-order valence-corrected chi connectivity index (χ3v) is 5.25. The highest BCUT2D eigenvalue weighted by Crippen LogP contribution is 2.35. The van der Waals surface area contributed by atoms with Crippen LogP contribution in [0.1, 0.15) is 23.3 Å². The van der Waals surface area contributed by atoms with Gasteiger partial charge in [0.05, 0.1) is 6.54 Å². The van der Waals surface area contributed by atoms with Gasteiger partial charge in [0.15, 0.2) is 11.2 Å². The number of rotatable bonds is 5. The van der Waals surface area contributed by atoms with E-state index >= 15 is 0 Å². The van der Waals surface area contributed by atoms with Gasteiger partial charge in [-0.1, -0.05) is 65.5 Å². The summed E-state index contributed by atoms with van der Waals surface area (Å²) in [6.07, 6.45) is 1.50. The van der Waals surface area contributed by atoms with Crippen LogP contribution in [0.3, 0.4) is 0 Å². The number of nitrogens with zero attached hydrogens (tertiary/aromatic N) is 5. The molecule has 0 aliphatic heterocycles. The minimum Gasteiger partial charge on any atom is -0.227 e. The quantitative estimate of drug-likeness (QED) is 0.391. The van der Waals surface area contributed by atoms with E-state index in [1.807, 2.05) is 18.2 Å². The molecule has 26 heavy (non-hydrogen) atoms. The molecule has 0 radical (unpaired) electrons. The first-order valence-electron chi connectivity index (χ1n) is 8.21. The number of thioether (sulfide) groups is 1. The van der Waals surface area contributed by atoms with Crippen molar-refractivity contribution in [3.63, 3.8) is 0 Å². The second kappa shape index (κ2) is 7.21. The molecule has 0 spiro atoms. The van der Waals surface area contributed by atoms with Crippen LogP contribution >= 0.6 is 11.8 Å². The van der Waals surface area contributed by atoms with E-state index in [0.29, 0.717) is 16.7 Å². The summed E-state index contributed by atoms with van der Waals surface area (Å²) in [6, 6.07) is 16.9. The highest BCUT2D eigenvalue weighted by molar-refractivity contribution is 7.99. The van der Waals surface area contributed by atoms with Gasteiger partial charge in [-0.25, -0.2) is 19.0 Å². The van der Waals surface area contributed by atoms with Crippen molar-refractivity contribution in [1.82, 2.24) is 25.0 Å². The summed E-state index contributed by atoms with van der Waals surface area (Å²) >= 11 is 1.61. The van der Waals surface area contributed by atoms with Gasteiger partial charge in [0, 0.05) is 10.8 Å². The molecule has 0 unspecified atom stereocenters. The lowest BCUT2D eigenvalue weighted by atomic mass is 10.2.